The van der Waals surface area contributed by atoms with E-state index in [-0.39, 0.29) is 48.4 Å². The minimum atomic E-state index is -3.43. The van der Waals surface area contributed by atoms with Crippen molar-refractivity contribution in [3.8, 4) is 22.5 Å². The van der Waals surface area contributed by atoms with Gasteiger partial charge in [-0.3, -0.25) is 0 Å². The van der Waals surface area contributed by atoms with E-state index in [4.69, 9.17) is 22.2 Å². The number of aromatic nitrogens is 3. The van der Waals surface area contributed by atoms with Crippen molar-refractivity contribution in [2.45, 2.75) is 33.3 Å². The zero-order valence-electron chi connectivity index (χ0n) is 32.2. The van der Waals surface area contributed by atoms with Crippen molar-refractivity contribution in [1.29, 1.82) is 0 Å². The van der Waals surface area contributed by atoms with E-state index in [0.717, 1.165) is 23.5 Å². The second-order valence-corrected chi connectivity index (χ2v) is 7.73. The molecule has 0 unspecified atom stereocenters. The summed E-state index contributed by atoms with van der Waals surface area (Å²) in [4.78, 5) is 12.4. The van der Waals surface area contributed by atoms with E-state index in [0.29, 0.717) is 10.8 Å². The van der Waals surface area contributed by atoms with Gasteiger partial charge in [0.25, 0.3) is 0 Å². The zero-order valence-corrected chi connectivity index (χ0v) is 21.6. The molecule has 0 aliphatic rings. The summed E-state index contributed by atoms with van der Waals surface area (Å²) >= 11 is 0. The molecule has 0 aliphatic heterocycles. The van der Waals surface area contributed by atoms with E-state index in [9.17, 15) is 0 Å². The van der Waals surface area contributed by atoms with Gasteiger partial charge < -0.3 is 14.4 Å². The Labute approximate surface area is 249 Å². The molecule has 37 heavy (non-hydrogen) atoms. The second kappa shape index (κ2) is 11.6. The average molecular weight is 675 g/mol. The van der Waals surface area contributed by atoms with Crippen LogP contribution in [0.1, 0.15) is 54.2 Å². The van der Waals surface area contributed by atoms with Gasteiger partial charge in [-0.15, -0.1) is 54.1 Å². The van der Waals surface area contributed by atoms with Gasteiger partial charge in [0.1, 0.15) is 0 Å². The van der Waals surface area contributed by atoms with Crippen LogP contribution in [-0.2, 0) is 20.1 Å². The first-order valence-electron chi connectivity index (χ1n) is 17.4. The molecule has 5 heteroatoms. The van der Waals surface area contributed by atoms with Crippen molar-refractivity contribution in [2.75, 3.05) is 0 Å². The smallest absolute Gasteiger partial charge is 0.216 e. The van der Waals surface area contributed by atoms with Crippen LogP contribution in [0, 0.1) is 25.8 Å². The van der Waals surface area contributed by atoms with Crippen LogP contribution < -0.4 is 0 Å². The predicted octanol–water partition coefficient (Wildman–Crippen LogP) is 8.13. The number of aryl methyl sites for hydroxylation is 2. The van der Waals surface area contributed by atoms with E-state index in [1.807, 2.05) is 42.5 Å². The molecular formula is C32H27IrN3O-2. The van der Waals surface area contributed by atoms with E-state index in [2.05, 4.69) is 27.1 Å². The zero-order chi connectivity index (χ0) is 36.0. The third-order valence-corrected chi connectivity index (χ3v) is 5.38. The standard InChI is InChI=1S/C21H19N2O.C11H8N.Ir/c1-12(2)18-10-19(22-11-13(18)3)17-7-5-6-15-16-9-8-14(4)23-21(16)24-20(15)17;1-2-6-10(7-3-1)11-8-4-5-9-12-11;/h5-6,8-12H,1-4H3;1-6,8-9H;/q2*-1;/i1D3,2D3,3D3,4D3,12D;;. The largest absolute Gasteiger partial charge is 0.486 e. The van der Waals surface area contributed by atoms with Gasteiger partial charge in [0.05, 0.1) is 5.58 Å². The Morgan fingerprint density at radius 2 is 1.81 bits per heavy atom. The van der Waals surface area contributed by atoms with E-state index in [1.165, 1.54) is 18.2 Å². The summed E-state index contributed by atoms with van der Waals surface area (Å²) < 4.78 is 108. The van der Waals surface area contributed by atoms with Crippen molar-refractivity contribution in [3.05, 3.63) is 114 Å². The van der Waals surface area contributed by atoms with Crippen LogP contribution in [-0.4, -0.2) is 15.0 Å². The molecule has 6 rings (SSSR count). The van der Waals surface area contributed by atoms with Gasteiger partial charge >= 0.3 is 0 Å². The minimum Gasteiger partial charge on any atom is -0.486 e. The Bertz CT molecular complexity index is 2040. The Hall–Kier alpha value is -3.66. The first kappa shape index (κ1) is 14.3. The molecule has 0 N–H and O–H groups in total. The van der Waals surface area contributed by atoms with Crippen LogP contribution in [0.4, 0.5) is 0 Å². The second-order valence-electron chi connectivity index (χ2n) is 7.73. The quantitative estimate of drug-likeness (QED) is 0.178. The Balaban J connectivity index is 0.000000362. The van der Waals surface area contributed by atoms with Gasteiger partial charge in [0, 0.05) is 61.4 Å². The van der Waals surface area contributed by atoms with E-state index >= 15 is 0 Å². The first-order valence-corrected chi connectivity index (χ1v) is 10.9. The minimum absolute atomic E-state index is 0. The fourth-order valence-corrected chi connectivity index (χ4v) is 3.69. The van der Waals surface area contributed by atoms with Crippen LogP contribution in [0.25, 0.3) is 44.6 Å². The molecule has 0 saturated heterocycles. The number of fused-ring (bicyclic) bond motifs is 3. The predicted molar refractivity (Wildman–Crippen MR) is 146 cm³/mol. The number of rotatable bonds is 3. The maximum atomic E-state index is 8.58. The molecule has 4 aromatic heterocycles. The van der Waals surface area contributed by atoms with Crippen molar-refractivity contribution >= 4 is 22.1 Å². The molecule has 0 aliphatic carbocycles. The maximum absolute atomic E-state index is 8.58. The monoisotopic (exact) mass is 675 g/mol. The molecule has 0 spiro atoms. The molecule has 2 aromatic carbocycles. The SMILES string of the molecule is [2H]C([2H])([2H])c1ccc2c(n1)oc1c(-c3cc(C([2H])(C([2H])([2H])[2H])C([2H])([2H])[2H])c(C([2H])([2H])[2H])cn3)[c-]ccc12.[Ir].[c-]1ccccc1-c1ccccn1. The summed E-state index contributed by atoms with van der Waals surface area (Å²) in [5.74, 6) is -3.29. The van der Waals surface area contributed by atoms with Crippen LogP contribution in [0.2, 0.25) is 0 Å². The Morgan fingerprint density at radius 3 is 2.57 bits per heavy atom. The van der Waals surface area contributed by atoms with Gasteiger partial charge in [0.2, 0.25) is 5.71 Å². The molecule has 6 aromatic rings. The fraction of sp³-hybridized carbons (Fsp3) is 0.156. The molecule has 0 bridgehead atoms. The summed E-state index contributed by atoms with van der Waals surface area (Å²) in [7, 11) is 0. The summed E-state index contributed by atoms with van der Waals surface area (Å²) in [5, 5.41) is 0.956. The third-order valence-electron chi connectivity index (χ3n) is 5.38. The molecule has 0 fully saturated rings. The summed E-state index contributed by atoms with van der Waals surface area (Å²) in [6.45, 7) is -12.3. The molecule has 1 radical (unpaired) electrons. The van der Waals surface area contributed by atoms with Gasteiger partial charge in [-0.05, 0) is 60.3 Å². The van der Waals surface area contributed by atoms with Crippen LogP contribution in [0.5, 0.6) is 0 Å². The number of pyridine rings is 3. The number of furan rings is 1. The number of hydrogen-bond acceptors (Lipinski definition) is 4. The fourth-order valence-electron chi connectivity index (χ4n) is 3.69. The third kappa shape index (κ3) is 5.69. The van der Waals surface area contributed by atoms with Crippen LogP contribution in [0.15, 0.2) is 89.6 Å². The first-order chi connectivity index (χ1) is 22.7. The van der Waals surface area contributed by atoms with Crippen molar-refractivity contribution < 1.29 is 42.3 Å². The molecule has 0 saturated carbocycles. The number of nitrogens with zero attached hydrogens (tertiary/aromatic N) is 3. The van der Waals surface area contributed by atoms with Crippen LogP contribution in [0.3, 0.4) is 0 Å². The van der Waals surface area contributed by atoms with E-state index in [1.54, 1.807) is 12.3 Å². The molecule has 0 atom stereocenters. The van der Waals surface area contributed by atoms with Crippen molar-refractivity contribution in [1.82, 2.24) is 15.0 Å². The maximum Gasteiger partial charge on any atom is 0.216 e. The molecule has 4 heterocycles. The number of benzene rings is 2. The van der Waals surface area contributed by atoms with Gasteiger partial charge in [-0.2, -0.15) is 0 Å². The molecule has 4 nitrogen and oxygen atoms in total. The van der Waals surface area contributed by atoms with Gasteiger partial charge in [-0.1, -0.05) is 42.9 Å². The van der Waals surface area contributed by atoms with Gasteiger partial charge in [-0.25, -0.2) is 4.98 Å². The normalized spacial score (nSPS) is 17.6. The molecule has 187 valence electrons. The van der Waals surface area contributed by atoms with Crippen molar-refractivity contribution in [3.63, 3.8) is 0 Å². The molecular weight excluding hydrogens is 635 g/mol. The summed E-state index contributed by atoms with van der Waals surface area (Å²) in [6.07, 6.45) is 2.62. The summed E-state index contributed by atoms with van der Waals surface area (Å²) in [5.41, 5.74) is 0.546. The Kier molecular flexibility index (Phi) is 4.49. The average Bonchev–Trinajstić information content (AvgIpc) is 3.42. The Morgan fingerprint density at radius 1 is 0.892 bits per heavy atom. The molecule has 0 amide bonds. The topological polar surface area (TPSA) is 51.8 Å². The van der Waals surface area contributed by atoms with Gasteiger partial charge in [0.15, 0.2) is 0 Å². The number of hydrogen-bond donors (Lipinski definition) is 0. The van der Waals surface area contributed by atoms with Crippen LogP contribution >= 0.6 is 0 Å². The summed E-state index contributed by atoms with van der Waals surface area (Å²) in [6, 6.07) is 26.6. The van der Waals surface area contributed by atoms with E-state index < -0.39 is 44.4 Å². The van der Waals surface area contributed by atoms with Crippen molar-refractivity contribution in [2.24, 2.45) is 0 Å².